The Morgan fingerprint density at radius 3 is 2.67 bits per heavy atom. The van der Waals surface area contributed by atoms with Gasteiger partial charge in [-0.25, -0.2) is 0 Å². The average Bonchev–Trinajstić information content (AvgIpc) is 2.68. The topological polar surface area (TPSA) is 43.8 Å². The summed E-state index contributed by atoms with van der Waals surface area (Å²) in [5.41, 5.74) is 8.09. The molecule has 1 aromatic carbocycles. The molecule has 0 radical (unpaired) electrons. The predicted octanol–water partition coefficient (Wildman–Crippen LogP) is 1.95. The Balaban J connectivity index is 2.12. The summed E-state index contributed by atoms with van der Waals surface area (Å²) in [7, 11) is 0. The van der Waals surface area contributed by atoms with Gasteiger partial charge in [-0.3, -0.25) is 4.68 Å². The number of benzene rings is 1. The molecule has 0 unspecified atom stereocenters. The third-order valence-electron chi connectivity index (χ3n) is 2.37. The molecule has 15 heavy (non-hydrogen) atoms. The minimum Gasteiger partial charge on any atom is -0.324 e. The molecular weight excluding hydrogens is 186 g/mol. The van der Waals surface area contributed by atoms with Gasteiger partial charge in [0.25, 0.3) is 0 Å². The Hall–Kier alpha value is -1.61. The molecule has 0 spiro atoms. The van der Waals surface area contributed by atoms with Gasteiger partial charge in [0.15, 0.2) is 0 Å². The third kappa shape index (κ3) is 2.44. The van der Waals surface area contributed by atoms with E-state index in [0.29, 0.717) is 0 Å². The molecule has 2 N–H and O–H groups in total. The number of rotatable bonds is 3. The highest BCUT2D eigenvalue weighted by Crippen LogP contribution is 2.09. The zero-order valence-corrected chi connectivity index (χ0v) is 8.80. The van der Waals surface area contributed by atoms with Crippen LogP contribution in [0, 0.1) is 0 Å². The van der Waals surface area contributed by atoms with Gasteiger partial charge in [-0.15, -0.1) is 0 Å². The molecule has 0 amide bonds. The monoisotopic (exact) mass is 201 g/mol. The average molecular weight is 201 g/mol. The van der Waals surface area contributed by atoms with Gasteiger partial charge in [0.2, 0.25) is 0 Å². The molecular formula is C12H15N3. The van der Waals surface area contributed by atoms with Crippen molar-refractivity contribution >= 4 is 0 Å². The van der Waals surface area contributed by atoms with Crippen LogP contribution in [0.3, 0.4) is 0 Å². The number of hydrogen-bond acceptors (Lipinski definition) is 2. The summed E-state index contributed by atoms with van der Waals surface area (Å²) in [5, 5.41) is 4.27. The first-order chi connectivity index (χ1) is 7.25. The van der Waals surface area contributed by atoms with Crippen LogP contribution in [-0.2, 0) is 6.54 Å². The lowest BCUT2D eigenvalue weighted by atomic mass is 10.2. The molecule has 0 bridgehead atoms. The highest BCUT2D eigenvalue weighted by atomic mass is 15.3. The number of nitrogens with zero attached hydrogens (tertiary/aromatic N) is 2. The summed E-state index contributed by atoms with van der Waals surface area (Å²) in [4.78, 5) is 0. The fraction of sp³-hybridized carbons (Fsp3) is 0.250. The van der Waals surface area contributed by atoms with Crippen molar-refractivity contribution in [2.24, 2.45) is 5.73 Å². The van der Waals surface area contributed by atoms with Crippen LogP contribution in [0.5, 0.6) is 0 Å². The summed E-state index contributed by atoms with van der Waals surface area (Å²) in [6, 6.07) is 10.3. The maximum atomic E-state index is 5.77. The zero-order chi connectivity index (χ0) is 10.7. The van der Waals surface area contributed by atoms with Gasteiger partial charge < -0.3 is 5.73 Å². The smallest absolute Gasteiger partial charge is 0.0659 e. The van der Waals surface area contributed by atoms with Crippen molar-refractivity contribution in [2.45, 2.75) is 19.5 Å². The van der Waals surface area contributed by atoms with Crippen molar-refractivity contribution in [1.82, 2.24) is 9.78 Å². The molecule has 3 nitrogen and oxygen atoms in total. The lowest BCUT2D eigenvalue weighted by Gasteiger charge is -2.01. The van der Waals surface area contributed by atoms with Crippen LogP contribution in [0.25, 0.3) is 0 Å². The molecule has 1 atom stereocenters. The summed E-state index contributed by atoms with van der Waals surface area (Å²) in [6.07, 6.45) is 3.82. The van der Waals surface area contributed by atoms with E-state index in [1.165, 1.54) is 5.56 Å². The van der Waals surface area contributed by atoms with Gasteiger partial charge in [0.05, 0.1) is 12.7 Å². The van der Waals surface area contributed by atoms with E-state index < -0.39 is 0 Å². The van der Waals surface area contributed by atoms with Gasteiger partial charge in [0.1, 0.15) is 0 Å². The number of aromatic nitrogens is 2. The maximum absolute atomic E-state index is 5.77. The fourth-order valence-electron chi connectivity index (χ4n) is 1.47. The van der Waals surface area contributed by atoms with Crippen molar-refractivity contribution in [3.05, 3.63) is 53.9 Å². The van der Waals surface area contributed by atoms with Crippen molar-refractivity contribution in [3.63, 3.8) is 0 Å². The first kappa shape index (κ1) is 9.93. The zero-order valence-electron chi connectivity index (χ0n) is 8.80. The molecule has 1 heterocycles. The van der Waals surface area contributed by atoms with Gasteiger partial charge in [0, 0.05) is 17.8 Å². The van der Waals surface area contributed by atoms with Crippen LogP contribution in [-0.4, -0.2) is 9.78 Å². The molecule has 0 aliphatic carbocycles. The standard InChI is InChI=1S/C12H15N3/c1-10(13)12-7-14-15(9-12)8-11-5-3-2-4-6-11/h2-7,9-10H,8,13H2,1H3/t10-/m0/s1. The summed E-state index contributed by atoms with van der Waals surface area (Å²) in [6.45, 7) is 2.76. The van der Waals surface area contributed by atoms with Gasteiger partial charge in [-0.05, 0) is 12.5 Å². The Morgan fingerprint density at radius 2 is 2.07 bits per heavy atom. The van der Waals surface area contributed by atoms with E-state index in [9.17, 15) is 0 Å². The lowest BCUT2D eigenvalue weighted by Crippen LogP contribution is -2.04. The van der Waals surface area contributed by atoms with Gasteiger partial charge in [-0.2, -0.15) is 5.10 Å². The van der Waals surface area contributed by atoms with Crippen molar-refractivity contribution in [2.75, 3.05) is 0 Å². The van der Waals surface area contributed by atoms with Crippen LogP contribution >= 0.6 is 0 Å². The summed E-state index contributed by atoms with van der Waals surface area (Å²) >= 11 is 0. The maximum Gasteiger partial charge on any atom is 0.0659 e. The Bertz CT molecular complexity index is 417. The first-order valence-corrected chi connectivity index (χ1v) is 5.07. The molecule has 0 aliphatic rings. The van der Waals surface area contributed by atoms with E-state index in [1.54, 1.807) is 0 Å². The van der Waals surface area contributed by atoms with E-state index in [-0.39, 0.29) is 6.04 Å². The first-order valence-electron chi connectivity index (χ1n) is 5.07. The molecule has 0 saturated heterocycles. The SMILES string of the molecule is C[C@H](N)c1cnn(Cc2ccccc2)c1. The molecule has 0 fully saturated rings. The number of hydrogen-bond donors (Lipinski definition) is 1. The molecule has 2 rings (SSSR count). The molecule has 3 heteroatoms. The van der Waals surface area contributed by atoms with Crippen molar-refractivity contribution < 1.29 is 0 Å². The van der Waals surface area contributed by atoms with Crippen LogP contribution in [0.15, 0.2) is 42.7 Å². The van der Waals surface area contributed by atoms with Gasteiger partial charge >= 0.3 is 0 Å². The lowest BCUT2D eigenvalue weighted by molar-refractivity contribution is 0.684. The van der Waals surface area contributed by atoms with E-state index in [0.717, 1.165) is 12.1 Å². The molecule has 1 aromatic heterocycles. The van der Waals surface area contributed by atoms with E-state index in [2.05, 4.69) is 17.2 Å². The van der Waals surface area contributed by atoms with E-state index in [4.69, 9.17) is 5.73 Å². The fourth-order valence-corrected chi connectivity index (χ4v) is 1.47. The number of nitrogens with two attached hydrogens (primary N) is 1. The highest BCUT2D eigenvalue weighted by Gasteiger charge is 2.02. The highest BCUT2D eigenvalue weighted by molar-refractivity contribution is 5.16. The Labute approximate surface area is 89.5 Å². The second-order valence-electron chi connectivity index (χ2n) is 3.75. The second-order valence-corrected chi connectivity index (χ2v) is 3.75. The van der Waals surface area contributed by atoms with Crippen molar-refractivity contribution in [3.8, 4) is 0 Å². The largest absolute Gasteiger partial charge is 0.324 e. The second kappa shape index (κ2) is 4.28. The van der Waals surface area contributed by atoms with Crippen LogP contribution in [0.4, 0.5) is 0 Å². The minimum atomic E-state index is 0.0505. The van der Waals surface area contributed by atoms with Crippen LogP contribution in [0.1, 0.15) is 24.1 Å². The molecule has 78 valence electrons. The van der Waals surface area contributed by atoms with Crippen LogP contribution in [0.2, 0.25) is 0 Å². The van der Waals surface area contributed by atoms with Crippen molar-refractivity contribution in [1.29, 1.82) is 0 Å². The quantitative estimate of drug-likeness (QED) is 0.824. The Kier molecular flexibility index (Phi) is 2.83. The predicted molar refractivity (Wildman–Crippen MR) is 60.4 cm³/mol. The minimum absolute atomic E-state index is 0.0505. The summed E-state index contributed by atoms with van der Waals surface area (Å²) < 4.78 is 1.91. The van der Waals surface area contributed by atoms with Gasteiger partial charge in [-0.1, -0.05) is 30.3 Å². The molecule has 2 aromatic rings. The van der Waals surface area contributed by atoms with E-state index >= 15 is 0 Å². The summed E-state index contributed by atoms with van der Waals surface area (Å²) in [5.74, 6) is 0. The van der Waals surface area contributed by atoms with E-state index in [1.807, 2.05) is 42.2 Å². The Morgan fingerprint density at radius 1 is 1.33 bits per heavy atom. The van der Waals surface area contributed by atoms with Crippen LogP contribution < -0.4 is 5.73 Å². The molecule has 0 saturated carbocycles. The molecule has 0 aliphatic heterocycles. The third-order valence-corrected chi connectivity index (χ3v) is 2.37. The normalized spacial score (nSPS) is 12.7.